The summed E-state index contributed by atoms with van der Waals surface area (Å²) >= 11 is 6.11. The van der Waals surface area contributed by atoms with E-state index in [-0.39, 0.29) is 0 Å². The van der Waals surface area contributed by atoms with Gasteiger partial charge < -0.3 is 15.6 Å². The molecule has 0 aliphatic heterocycles. The average molecular weight is 363 g/mol. The molecule has 4 rings (SSSR count). The number of fused-ring (bicyclic) bond motifs is 1. The predicted molar refractivity (Wildman–Crippen MR) is 109 cm³/mol. The summed E-state index contributed by atoms with van der Waals surface area (Å²) < 4.78 is 0. The predicted octanol–water partition coefficient (Wildman–Crippen LogP) is 5.61. The van der Waals surface area contributed by atoms with Crippen LogP contribution in [0.5, 0.6) is 0 Å². The number of halogens is 1. The van der Waals surface area contributed by atoms with Crippen LogP contribution in [0, 0.1) is 0 Å². The van der Waals surface area contributed by atoms with Crippen molar-refractivity contribution in [1.29, 1.82) is 0 Å². The number of anilines is 3. The average Bonchev–Trinajstić information content (AvgIpc) is 3.06. The van der Waals surface area contributed by atoms with Gasteiger partial charge in [-0.2, -0.15) is 0 Å². The second kappa shape index (κ2) is 7.50. The van der Waals surface area contributed by atoms with Crippen LogP contribution in [0.2, 0.25) is 5.02 Å². The Kier molecular flexibility index (Phi) is 4.75. The first-order valence-corrected chi connectivity index (χ1v) is 8.92. The van der Waals surface area contributed by atoms with Crippen molar-refractivity contribution < 1.29 is 0 Å². The molecule has 0 aliphatic carbocycles. The van der Waals surface area contributed by atoms with E-state index in [0.717, 1.165) is 40.6 Å². The highest BCUT2D eigenvalue weighted by Gasteiger charge is 2.04. The monoisotopic (exact) mass is 362 g/mol. The summed E-state index contributed by atoms with van der Waals surface area (Å²) in [5, 5.41) is 8.78. The third-order valence-corrected chi connectivity index (χ3v) is 4.54. The maximum Gasteiger partial charge on any atom is 0.0457 e. The molecule has 4 aromatic rings. The molecule has 130 valence electrons. The first-order chi connectivity index (χ1) is 12.8. The minimum absolute atomic E-state index is 0.767. The van der Waals surface area contributed by atoms with E-state index >= 15 is 0 Å². The summed E-state index contributed by atoms with van der Waals surface area (Å²) in [6.07, 6.45) is 6.54. The Morgan fingerprint density at radius 3 is 2.42 bits per heavy atom. The van der Waals surface area contributed by atoms with Gasteiger partial charge in [-0.3, -0.25) is 4.98 Å². The zero-order valence-corrected chi connectivity index (χ0v) is 14.9. The Hall–Kier alpha value is -2.98. The van der Waals surface area contributed by atoms with Gasteiger partial charge in [0.1, 0.15) is 0 Å². The Morgan fingerprint density at radius 2 is 1.62 bits per heavy atom. The van der Waals surface area contributed by atoms with Gasteiger partial charge in [0.05, 0.1) is 0 Å². The van der Waals surface area contributed by atoms with Crippen LogP contribution in [-0.4, -0.2) is 16.5 Å². The fourth-order valence-electron chi connectivity index (χ4n) is 2.97. The van der Waals surface area contributed by atoms with Crippen LogP contribution < -0.4 is 10.6 Å². The number of aromatic nitrogens is 2. The molecule has 26 heavy (non-hydrogen) atoms. The normalized spacial score (nSPS) is 10.8. The van der Waals surface area contributed by atoms with Crippen LogP contribution in [0.4, 0.5) is 17.1 Å². The molecular formula is C21H19ClN4. The quantitative estimate of drug-likeness (QED) is 0.417. The molecule has 3 N–H and O–H groups in total. The van der Waals surface area contributed by atoms with Crippen molar-refractivity contribution in [1.82, 2.24) is 9.97 Å². The Bertz CT molecular complexity index is 994. The lowest BCUT2D eigenvalue weighted by Crippen LogP contribution is -2.04. The molecule has 0 unspecified atom stereocenters. The lowest BCUT2D eigenvalue weighted by molar-refractivity contribution is 1.03. The van der Waals surface area contributed by atoms with Crippen molar-refractivity contribution in [3.63, 3.8) is 0 Å². The van der Waals surface area contributed by atoms with E-state index in [4.69, 9.17) is 11.6 Å². The highest BCUT2D eigenvalue weighted by atomic mass is 35.5. The molecule has 0 atom stereocenters. The van der Waals surface area contributed by atoms with Gasteiger partial charge in [-0.25, -0.2) is 0 Å². The highest BCUT2D eigenvalue weighted by molar-refractivity contribution is 6.31. The molecule has 0 spiro atoms. The molecule has 0 bridgehead atoms. The summed E-state index contributed by atoms with van der Waals surface area (Å²) in [4.78, 5) is 7.32. The standard InChI is InChI=1S/C21H19ClN4/c22-16-1-6-21-20(13-16)15(14-25-21)7-12-24-17-2-4-18(5-3-17)26-19-8-10-23-11-9-19/h1-6,8-11,13-14,24-25H,7,12H2,(H,23,26). The zero-order valence-electron chi connectivity index (χ0n) is 14.2. The second-order valence-corrected chi connectivity index (χ2v) is 6.56. The molecule has 0 aliphatic rings. The Balaban J connectivity index is 1.35. The minimum Gasteiger partial charge on any atom is -0.385 e. The number of hydrogen-bond acceptors (Lipinski definition) is 3. The number of nitrogens with zero attached hydrogens (tertiary/aromatic N) is 1. The SMILES string of the molecule is Clc1ccc2[nH]cc(CCNc3ccc(Nc4ccncc4)cc3)c2c1. The van der Waals surface area contributed by atoms with Crippen molar-refractivity contribution >= 4 is 39.6 Å². The van der Waals surface area contributed by atoms with Crippen LogP contribution in [-0.2, 0) is 6.42 Å². The molecule has 0 amide bonds. The molecule has 0 saturated heterocycles. The largest absolute Gasteiger partial charge is 0.385 e. The van der Waals surface area contributed by atoms with Crippen molar-refractivity contribution in [3.8, 4) is 0 Å². The number of rotatable bonds is 6. The first-order valence-electron chi connectivity index (χ1n) is 8.54. The van der Waals surface area contributed by atoms with E-state index in [2.05, 4.69) is 51.1 Å². The summed E-state index contributed by atoms with van der Waals surface area (Å²) in [6.45, 7) is 0.858. The van der Waals surface area contributed by atoms with E-state index in [1.54, 1.807) is 12.4 Å². The fraction of sp³-hybridized carbons (Fsp3) is 0.0952. The Morgan fingerprint density at radius 1 is 0.885 bits per heavy atom. The molecule has 4 nitrogen and oxygen atoms in total. The van der Waals surface area contributed by atoms with Gasteiger partial charge in [0, 0.05) is 58.1 Å². The van der Waals surface area contributed by atoms with E-state index in [9.17, 15) is 0 Å². The van der Waals surface area contributed by atoms with Crippen molar-refractivity contribution in [2.75, 3.05) is 17.2 Å². The van der Waals surface area contributed by atoms with Crippen LogP contribution in [0.3, 0.4) is 0 Å². The van der Waals surface area contributed by atoms with Gasteiger partial charge in [0.15, 0.2) is 0 Å². The zero-order chi connectivity index (χ0) is 17.8. The first kappa shape index (κ1) is 16.5. The molecule has 0 fully saturated rings. The van der Waals surface area contributed by atoms with E-state index in [1.165, 1.54) is 10.9 Å². The smallest absolute Gasteiger partial charge is 0.0457 e. The molecule has 2 aromatic carbocycles. The number of hydrogen-bond donors (Lipinski definition) is 3. The Labute approximate surface area is 157 Å². The molecule has 2 heterocycles. The van der Waals surface area contributed by atoms with E-state index in [1.807, 2.05) is 30.3 Å². The number of pyridine rings is 1. The minimum atomic E-state index is 0.767. The third kappa shape index (κ3) is 3.81. The molecule has 0 radical (unpaired) electrons. The van der Waals surface area contributed by atoms with Crippen molar-refractivity contribution in [3.05, 3.63) is 83.8 Å². The van der Waals surface area contributed by atoms with Gasteiger partial charge in [-0.05, 0) is 66.6 Å². The van der Waals surface area contributed by atoms with E-state index < -0.39 is 0 Å². The number of nitrogens with one attached hydrogen (secondary N) is 3. The van der Waals surface area contributed by atoms with Gasteiger partial charge >= 0.3 is 0 Å². The van der Waals surface area contributed by atoms with Crippen LogP contribution in [0.25, 0.3) is 10.9 Å². The summed E-state index contributed by atoms with van der Waals surface area (Å²) in [5.74, 6) is 0. The summed E-state index contributed by atoms with van der Waals surface area (Å²) in [6, 6.07) is 18.1. The number of aromatic amines is 1. The second-order valence-electron chi connectivity index (χ2n) is 6.12. The van der Waals surface area contributed by atoms with Gasteiger partial charge in [-0.1, -0.05) is 11.6 Å². The lowest BCUT2D eigenvalue weighted by atomic mass is 10.1. The van der Waals surface area contributed by atoms with Gasteiger partial charge in [0.25, 0.3) is 0 Å². The maximum absolute atomic E-state index is 6.11. The summed E-state index contributed by atoms with van der Waals surface area (Å²) in [7, 11) is 0. The fourth-order valence-corrected chi connectivity index (χ4v) is 3.14. The topological polar surface area (TPSA) is 52.7 Å². The van der Waals surface area contributed by atoms with Crippen LogP contribution >= 0.6 is 11.6 Å². The van der Waals surface area contributed by atoms with Gasteiger partial charge in [-0.15, -0.1) is 0 Å². The molecule has 2 aromatic heterocycles. The van der Waals surface area contributed by atoms with Gasteiger partial charge in [0.2, 0.25) is 0 Å². The number of H-pyrrole nitrogens is 1. The number of benzene rings is 2. The lowest BCUT2D eigenvalue weighted by Gasteiger charge is -2.09. The van der Waals surface area contributed by atoms with Crippen LogP contribution in [0.15, 0.2) is 73.2 Å². The highest BCUT2D eigenvalue weighted by Crippen LogP contribution is 2.23. The van der Waals surface area contributed by atoms with E-state index in [0.29, 0.717) is 0 Å². The van der Waals surface area contributed by atoms with Crippen molar-refractivity contribution in [2.45, 2.75) is 6.42 Å². The molecular weight excluding hydrogens is 344 g/mol. The summed E-state index contributed by atoms with van der Waals surface area (Å²) in [5.41, 5.74) is 5.57. The maximum atomic E-state index is 6.11. The molecule has 5 heteroatoms. The third-order valence-electron chi connectivity index (χ3n) is 4.31. The van der Waals surface area contributed by atoms with Crippen molar-refractivity contribution in [2.24, 2.45) is 0 Å². The molecule has 0 saturated carbocycles. The van der Waals surface area contributed by atoms with Crippen LogP contribution in [0.1, 0.15) is 5.56 Å².